The van der Waals surface area contributed by atoms with E-state index in [2.05, 4.69) is 40.6 Å². The van der Waals surface area contributed by atoms with E-state index in [1.807, 2.05) is 17.0 Å². The second-order valence-electron chi connectivity index (χ2n) is 8.39. The first-order chi connectivity index (χ1) is 13.2. The van der Waals surface area contributed by atoms with Crippen molar-refractivity contribution in [1.29, 1.82) is 0 Å². The Kier molecular flexibility index (Phi) is 5.76. The lowest BCUT2D eigenvalue weighted by atomic mass is 9.90. The second kappa shape index (κ2) is 8.08. The Morgan fingerprint density at radius 1 is 1.18 bits per heavy atom. The third-order valence-corrected chi connectivity index (χ3v) is 4.95. The van der Waals surface area contributed by atoms with Crippen molar-refractivity contribution >= 4 is 29.2 Å². The summed E-state index contributed by atoms with van der Waals surface area (Å²) in [6.07, 6.45) is 3.20. The van der Waals surface area contributed by atoms with Crippen LogP contribution in [0.25, 0.3) is 0 Å². The molecule has 2 aliphatic rings. The lowest BCUT2D eigenvalue weighted by Gasteiger charge is -2.36. The summed E-state index contributed by atoms with van der Waals surface area (Å²) in [6.45, 7) is 9.54. The molecule has 2 aliphatic heterocycles. The Bertz CT molecular complexity index is 816. The molecule has 1 fully saturated rings. The fourth-order valence-electron chi connectivity index (χ4n) is 3.19. The zero-order chi connectivity index (χ0) is 20.3. The Morgan fingerprint density at radius 3 is 2.50 bits per heavy atom. The number of primary amides is 1. The number of aliphatic imine (C=N–C) groups is 2. The number of amidine groups is 1. The van der Waals surface area contributed by atoms with Crippen LogP contribution < -0.4 is 10.6 Å². The van der Waals surface area contributed by atoms with Crippen LogP contribution in [-0.4, -0.2) is 66.0 Å². The van der Waals surface area contributed by atoms with Crippen LogP contribution in [0.1, 0.15) is 39.2 Å². The summed E-state index contributed by atoms with van der Waals surface area (Å²) in [5.74, 6) is 1.02. The molecular formula is C20H28N6O2. The van der Waals surface area contributed by atoms with Gasteiger partial charge in [0.25, 0.3) is 5.91 Å². The van der Waals surface area contributed by atoms with Gasteiger partial charge in [0.1, 0.15) is 11.5 Å². The van der Waals surface area contributed by atoms with Gasteiger partial charge in [-0.05, 0) is 24.0 Å². The number of piperazine rings is 1. The maximum atomic E-state index is 12.4. The monoisotopic (exact) mass is 384 g/mol. The summed E-state index contributed by atoms with van der Waals surface area (Å²) in [6, 6.07) is 3.74. The number of hydrogen-bond donors (Lipinski definition) is 1. The number of rotatable bonds is 5. The van der Waals surface area contributed by atoms with Crippen LogP contribution >= 0.6 is 0 Å². The summed E-state index contributed by atoms with van der Waals surface area (Å²) < 4.78 is 0. The molecular weight excluding hydrogens is 356 g/mol. The van der Waals surface area contributed by atoms with E-state index in [0.29, 0.717) is 25.3 Å². The number of hydrogen-bond acceptors (Lipinski definition) is 6. The lowest BCUT2D eigenvalue weighted by Crippen LogP contribution is -2.49. The number of nitrogens with two attached hydrogens (primary N) is 1. The van der Waals surface area contributed by atoms with Crippen molar-refractivity contribution in [1.82, 2.24) is 9.88 Å². The maximum absolute atomic E-state index is 12.4. The molecule has 0 aromatic carbocycles. The fraction of sp³-hybridized carbons (Fsp3) is 0.550. The molecule has 0 radical (unpaired) electrons. The summed E-state index contributed by atoms with van der Waals surface area (Å²) in [7, 11) is 0. The van der Waals surface area contributed by atoms with E-state index >= 15 is 0 Å². The van der Waals surface area contributed by atoms with Crippen molar-refractivity contribution in [2.24, 2.45) is 21.1 Å². The minimum atomic E-state index is -0.541. The number of aromatic nitrogens is 1. The van der Waals surface area contributed by atoms with Crippen LogP contribution in [0.5, 0.6) is 0 Å². The highest BCUT2D eigenvalue weighted by Gasteiger charge is 2.24. The van der Waals surface area contributed by atoms with Gasteiger partial charge in [-0.15, -0.1) is 0 Å². The van der Waals surface area contributed by atoms with Gasteiger partial charge in [0, 0.05) is 44.4 Å². The highest BCUT2D eigenvalue weighted by Crippen LogP contribution is 2.22. The molecule has 0 spiro atoms. The van der Waals surface area contributed by atoms with Crippen LogP contribution in [0.2, 0.25) is 0 Å². The number of nitrogens with zero attached hydrogens (tertiary/aromatic N) is 5. The van der Waals surface area contributed by atoms with Gasteiger partial charge < -0.3 is 15.5 Å². The van der Waals surface area contributed by atoms with Crippen molar-refractivity contribution in [3.63, 3.8) is 0 Å². The van der Waals surface area contributed by atoms with E-state index < -0.39 is 5.91 Å². The Labute approximate surface area is 165 Å². The standard InChI is InChI=1S/C20H28N6O2/c1-20(2,3)6-4-17(27)26-10-8-25(9-11-26)16-12-14(5-7-22-16)19-23-13-15(24-19)18(21)28/h5,7,12H,4,6,8-11,13H2,1-3H3,(H2,21,28). The number of pyridine rings is 1. The minimum Gasteiger partial charge on any atom is -0.364 e. The molecule has 1 saturated heterocycles. The zero-order valence-corrected chi connectivity index (χ0v) is 16.8. The van der Waals surface area contributed by atoms with E-state index in [1.54, 1.807) is 6.20 Å². The van der Waals surface area contributed by atoms with E-state index in [0.717, 1.165) is 30.9 Å². The molecule has 0 unspecified atom stereocenters. The van der Waals surface area contributed by atoms with Gasteiger partial charge in [0.05, 0.1) is 6.54 Å². The van der Waals surface area contributed by atoms with Crippen molar-refractivity contribution in [2.75, 3.05) is 37.6 Å². The average molecular weight is 384 g/mol. The molecule has 0 aliphatic carbocycles. The third-order valence-electron chi connectivity index (χ3n) is 4.95. The van der Waals surface area contributed by atoms with Crippen LogP contribution in [0, 0.1) is 5.41 Å². The van der Waals surface area contributed by atoms with E-state index in [9.17, 15) is 9.59 Å². The topological polar surface area (TPSA) is 104 Å². The number of amides is 2. The molecule has 2 N–H and O–H groups in total. The van der Waals surface area contributed by atoms with Gasteiger partial charge in [-0.3, -0.25) is 14.6 Å². The molecule has 0 bridgehead atoms. The average Bonchev–Trinajstić information content (AvgIpc) is 3.16. The second-order valence-corrected chi connectivity index (χ2v) is 8.39. The van der Waals surface area contributed by atoms with Crippen LogP contribution in [0.15, 0.2) is 28.3 Å². The molecule has 8 nitrogen and oxygen atoms in total. The molecule has 0 saturated carbocycles. The summed E-state index contributed by atoms with van der Waals surface area (Å²) in [4.78, 5) is 40.7. The van der Waals surface area contributed by atoms with Gasteiger partial charge in [-0.2, -0.15) is 0 Å². The SMILES string of the molecule is CC(C)(C)CCC(=O)N1CCN(c2cc(C3=NCC(C(N)=O)=N3)ccn2)CC1. The first-order valence-electron chi connectivity index (χ1n) is 9.64. The fourth-order valence-corrected chi connectivity index (χ4v) is 3.19. The minimum absolute atomic E-state index is 0.168. The molecule has 150 valence electrons. The molecule has 3 rings (SSSR count). The van der Waals surface area contributed by atoms with Gasteiger partial charge >= 0.3 is 0 Å². The summed E-state index contributed by atoms with van der Waals surface area (Å²) >= 11 is 0. The van der Waals surface area contributed by atoms with Crippen LogP contribution in [0.4, 0.5) is 5.82 Å². The number of carbonyl (C=O) groups is 2. The highest BCUT2D eigenvalue weighted by molar-refractivity contribution is 6.42. The van der Waals surface area contributed by atoms with Crippen molar-refractivity contribution < 1.29 is 9.59 Å². The van der Waals surface area contributed by atoms with Crippen molar-refractivity contribution in [3.8, 4) is 0 Å². The van der Waals surface area contributed by atoms with Crippen molar-refractivity contribution in [2.45, 2.75) is 33.6 Å². The molecule has 1 aromatic rings. The first kappa shape index (κ1) is 20.0. The van der Waals surface area contributed by atoms with E-state index in [4.69, 9.17) is 5.73 Å². The summed E-state index contributed by atoms with van der Waals surface area (Å²) in [5, 5.41) is 0. The maximum Gasteiger partial charge on any atom is 0.265 e. The molecule has 28 heavy (non-hydrogen) atoms. The highest BCUT2D eigenvalue weighted by atomic mass is 16.2. The predicted molar refractivity (Wildman–Crippen MR) is 110 cm³/mol. The molecule has 2 amide bonds. The molecule has 1 aromatic heterocycles. The normalized spacial score (nSPS) is 17.4. The quantitative estimate of drug-likeness (QED) is 0.825. The Morgan fingerprint density at radius 2 is 1.89 bits per heavy atom. The van der Waals surface area contributed by atoms with E-state index in [1.165, 1.54) is 0 Å². The number of carbonyl (C=O) groups excluding carboxylic acids is 2. The first-order valence-corrected chi connectivity index (χ1v) is 9.64. The summed E-state index contributed by atoms with van der Waals surface area (Å²) in [5.41, 5.74) is 6.52. The third kappa shape index (κ3) is 4.94. The van der Waals surface area contributed by atoms with Gasteiger partial charge in [0.2, 0.25) is 5.91 Å². The predicted octanol–water partition coefficient (Wildman–Crippen LogP) is 1.24. The number of anilines is 1. The zero-order valence-electron chi connectivity index (χ0n) is 16.8. The van der Waals surface area contributed by atoms with E-state index in [-0.39, 0.29) is 23.6 Å². The lowest BCUT2D eigenvalue weighted by molar-refractivity contribution is -0.132. The Hall–Kier alpha value is -2.77. The van der Waals surface area contributed by atoms with Crippen LogP contribution in [-0.2, 0) is 9.59 Å². The Balaban J connectivity index is 1.59. The molecule has 8 heteroatoms. The van der Waals surface area contributed by atoms with Crippen molar-refractivity contribution in [3.05, 3.63) is 23.9 Å². The van der Waals surface area contributed by atoms with Gasteiger partial charge in [-0.1, -0.05) is 20.8 Å². The largest absolute Gasteiger partial charge is 0.364 e. The van der Waals surface area contributed by atoms with Gasteiger partial charge in [-0.25, -0.2) is 9.98 Å². The van der Waals surface area contributed by atoms with Crippen LogP contribution in [0.3, 0.4) is 0 Å². The molecule has 3 heterocycles. The van der Waals surface area contributed by atoms with Gasteiger partial charge in [0.15, 0.2) is 5.84 Å². The smallest absolute Gasteiger partial charge is 0.265 e. The molecule has 0 atom stereocenters.